The molecule has 1 aliphatic carbocycles. The van der Waals surface area contributed by atoms with Gasteiger partial charge in [0.15, 0.2) is 0 Å². The molecule has 8 heteroatoms. The molecule has 1 heterocycles. The largest absolute Gasteiger partial charge is 0.497 e. The third-order valence-corrected chi connectivity index (χ3v) is 5.98. The minimum atomic E-state index is -0.979. The lowest BCUT2D eigenvalue weighted by molar-refractivity contribution is -0.139. The van der Waals surface area contributed by atoms with Crippen LogP contribution in [-0.4, -0.2) is 65.5 Å². The van der Waals surface area contributed by atoms with Gasteiger partial charge in [-0.3, -0.25) is 9.59 Å². The normalized spacial score (nSPS) is 18.7. The van der Waals surface area contributed by atoms with Crippen LogP contribution >= 0.6 is 0 Å². The smallest absolute Gasteiger partial charge is 0.335 e. The third-order valence-electron chi connectivity index (χ3n) is 5.98. The summed E-state index contributed by atoms with van der Waals surface area (Å²) in [6.07, 6.45) is 1.40. The van der Waals surface area contributed by atoms with E-state index in [0.29, 0.717) is 19.6 Å². The van der Waals surface area contributed by atoms with Gasteiger partial charge in [-0.25, -0.2) is 4.79 Å². The number of carbonyl (C=O) groups excluding carboxylic acids is 2. The molecule has 33 heavy (non-hydrogen) atoms. The molecule has 0 spiro atoms. The molecule has 2 amide bonds. The zero-order valence-electron chi connectivity index (χ0n) is 18.6. The number of carboxylic acid groups (broad SMARTS) is 1. The highest BCUT2D eigenvalue weighted by Crippen LogP contribution is 2.31. The summed E-state index contributed by atoms with van der Waals surface area (Å²) in [6.45, 7) is 1.46. The van der Waals surface area contributed by atoms with Crippen LogP contribution in [-0.2, 0) is 27.5 Å². The molecule has 1 unspecified atom stereocenters. The SMILES string of the molecule is COc1ccc(CN2CC(OCc3ccc(C(=O)O)cc3)CN(C(=O)C3CC3)CC2=O)cc1. The summed E-state index contributed by atoms with van der Waals surface area (Å²) in [5, 5.41) is 9.06. The number of ether oxygens (including phenoxy) is 2. The van der Waals surface area contributed by atoms with Crippen LogP contribution < -0.4 is 4.74 Å². The fourth-order valence-corrected chi connectivity index (χ4v) is 3.90. The third kappa shape index (κ3) is 5.90. The van der Waals surface area contributed by atoms with Crippen molar-refractivity contribution in [2.75, 3.05) is 26.7 Å². The average Bonchev–Trinajstić information content (AvgIpc) is 3.67. The van der Waals surface area contributed by atoms with Crippen molar-refractivity contribution in [3.8, 4) is 5.75 Å². The Labute approximate surface area is 192 Å². The summed E-state index contributed by atoms with van der Waals surface area (Å²) in [6, 6.07) is 14.1. The molecule has 8 nitrogen and oxygen atoms in total. The maximum absolute atomic E-state index is 13.0. The van der Waals surface area contributed by atoms with Crippen molar-refractivity contribution in [1.29, 1.82) is 0 Å². The predicted molar refractivity (Wildman–Crippen MR) is 120 cm³/mol. The second kappa shape index (κ2) is 10.0. The van der Waals surface area contributed by atoms with Gasteiger partial charge in [0.2, 0.25) is 11.8 Å². The van der Waals surface area contributed by atoms with Crippen LogP contribution in [0.2, 0.25) is 0 Å². The Balaban J connectivity index is 1.46. The highest BCUT2D eigenvalue weighted by Gasteiger charge is 2.38. The second-order valence-corrected chi connectivity index (χ2v) is 8.55. The van der Waals surface area contributed by atoms with Gasteiger partial charge in [-0.05, 0) is 48.2 Å². The quantitative estimate of drug-likeness (QED) is 0.661. The number of hydrogen-bond acceptors (Lipinski definition) is 5. The number of hydrogen-bond donors (Lipinski definition) is 1. The lowest BCUT2D eigenvalue weighted by Gasteiger charge is -2.25. The topological polar surface area (TPSA) is 96.4 Å². The van der Waals surface area contributed by atoms with E-state index in [-0.39, 0.29) is 42.6 Å². The first-order valence-corrected chi connectivity index (χ1v) is 11.1. The van der Waals surface area contributed by atoms with E-state index in [9.17, 15) is 14.4 Å². The molecular formula is C25H28N2O6. The first-order chi connectivity index (χ1) is 15.9. The summed E-state index contributed by atoms with van der Waals surface area (Å²) in [5.41, 5.74) is 2.01. The molecule has 1 saturated heterocycles. The van der Waals surface area contributed by atoms with Crippen molar-refractivity contribution in [2.45, 2.75) is 32.1 Å². The molecule has 2 fully saturated rings. The van der Waals surface area contributed by atoms with Crippen molar-refractivity contribution < 1.29 is 29.0 Å². The van der Waals surface area contributed by atoms with Gasteiger partial charge in [0.1, 0.15) is 5.75 Å². The molecule has 0 bridgehead atoms. The lowest BCUT2D eigenvalue weighted by Crippen LogP contribution is -2.40. The zero-order chi connectivity index (χ0) is 23.4. The van der Waals surface area contributed by atoms with Gasteiger partial charge in [0.25, 0.3) is 0 Å². The van der Waals surface area contributed by atoms with Gasteiger partial charge in [-0.2, -0.15) is 0 Å². The number of aromatic carboxylic acids is 1. The Hall–Kier alpha value is -3.39. The van der Waals surface area contributed by atoms with Crippen molar-refractivity contribution >= 4 is 17.8 Å². The van der Waals surface area contributed by atoms with E-state index < -0.39 is 5.97 Å². The Morgan fingerprint density at radius 2 is 1.67 bits per heavy atom. The predicted octanol–water partition coefficient (Wildman–Crippen LogP) is 2.56. The number of rotatable bonds is 8. The molecule has 1 aliphatic heterocycles. The molecular weight excluding hydrogens is 424 g/mol. The van der Waals surface area contributed by atoms with Crippen LogP contribution in [0.3, 0.4) is 0 Å². The van der Waals surface area contributed by atoms with Gasteiger partial charge in [-0.1, -0.05) is 24.3 Å². The molecule has 2 aliphatic rings. The van der Waals surface area contributed by atoms with Gasteiger partial charge in [-0.15, -0.1) is 0 Å². The number of carboxylic acids is 1. The molecule has 174 valence electrons. The molecule has 2 aromatic rings. The van der Waals surface area contributed by atoms with Crippen molar-refractivity contribution in [2.24, 2.45) is 5.92 Å². The molecule has 0 radical (unpaired) electrons. The Morgan fingerprint density at radius 3 is 2.27 bits per heavy atom. The number of nitrogens with zero attached hydrogens (tertiary/aromatic N) is 2. The maximum atomic E-state index is 13.0. The van der Waals surface area contributed by atoms with Crippen molar-refractivity contribution in [3.63, 3.8) is 0 Å². The monoisotopic (exact) mass is 452 g/mol. The van der Waals surface area contributed by atoms with E-state index in [2.05, 4.69) is 0 Å². The van der Waals surface area contributed by atoms with Gasteiger partial charge < -0.3 is 24.4 Å². The van der Waals surface area contributed by atoms with Crippen LogP contribution in [0, 0.1) is 5.92 Å². The molecule has 1 saturated carbocycles. The zero-order valence-corrected chi connectivity index (χ0v) is 18.6. The Morgan fingerprint density at radius 1 is 1.00 bits per heavy atom. The second-order valence-electron chi connectivity index (χ2n) is 8.55. The lowest BCUT2D eigenvalue weighted by atomic mass is 10.1. The summed E-state index contributed by atoms with van der Waals surface area (Å²) in [4.78, 5) is 40.2. The average molecular weight is 453 g/mol. The first-order valence-electron chi connectivity index (χ1n) is 11.1. The van der Waals surface area contributed by atoms with Crippen LogP contribution in [0.15, 0.2) is 48.5 Å². The summed E-state index contributed by atoms with van der Waals surface area (Å²) < 4.78 is 11.3. The van der Waals surface area contributed by atoms with Crippen LogP contribution in [0.5, 0.6) is 5.75 Å². The molecule has 1 N–H and O–H groups in total. The van der Waals surface area contributed by atoms with E-state index in [4.69, 9.17) is 14.6 Å². The standard InChI is InChI=1S/C25H28N2O6/c1-32-21-10-4-17(5-11-21)12-26-13-22(14-27(15-23(26)28)24(29)19-8-9-19)33-16-18-2-6-20(7-3-18)25(30)31/h2-7,10-11,19,22H,8-9,12-16H2,1H3,(H,30,31). The first kappa shape index (κ1) is 22.8. The number of methoxy groups -OCH3 is 1. The van der Waals surface area contributed by atoms with Crippen LogP contribution in [0.25, 0.3) is 0 Å². The fourth-order valence-electron chi connectivity index (χ4n) is 3.90. The van der Waals surface area contributed by atoms with Crippen LogP contribution in [0.4, 0.5) is 0 Å². The van der Waals surface area contributed by atoms with E-state index in [1.807, 2.05) is 24.3 Å². The number of benzene rings is 2. The molecule has 0 aromatic heterocycles. The number of amides is 2. The maximum Gasteiger partial charge on any atom is 0.335 e. The van der Waals surface area contributed by atoms with Crippen molar-refractivity contribution in [1.82, 2.24) is 9.80 Å². The highest BCUT2D eigenvalue weighted by molar-refractivity contribution is 5.88. The van der Waals surface area contributed by atoms with E-state index in [1.54, 1.807) is 29.0 Å². The molecule has 2 aromatic carbocycles. The van der Waals surface area contributed by atoms with E-state index in [1.165, 1.54) is 12.1 Å². The van der Waals surface area contributed by atoms with Crippen LogP contribution in [0.1, 0.15) is 34.3 Å². The summed E-state index contributed by atoms with van der Waals surface area (Å²) >= 11 is 0. The van der Waals surface area contributed by atoms with Gasteiger partial charge >= 0.3 is 5.97 Å². The minimum Gasteiger partial charge on any atom is -0.497 e. The van der Waals surface area contributed by atoms with E-state index in [0.717, 1.165) is 29.7 Å². The number of carbonyl (C=O) groups is 3. The molecule has 4 rings (SSSR count). The Kier molecular flexibility index (Phi) is 6.93. The van der Waals surface area contributed by atoms with Gasteiger partial charge in [0, 0.05) is 25.6 Å². The summed E-state index contributed by atoms with van der Waals surface area (Å²) in [5.74, 6) is -0.286. The summed E-state index contributed by atoms with van der Waals surface area (Å²) in [7, 11) is 1.61. The molecule has 1 atom stereocenters. The fraction of sp³-hybridized carbons (Fsp3) is 0.400. The Bertz CT molecular complexity index is 1000. The highest BCUT2D eigenvalue weighted by atomic mass is 16.5. The van der Waals surface area contributed by atoms with Gasteiger partial charge in [0.05, 0.1) is 31.9 Å². The van der Waals surface area contributed by atoms with Crippen molar-refractivity contribution in [3.05, 3.63) is 65.2 Å². The minimum absolute atomic E-state index is 0.0223. The van der Waals surface area contributed by atoms with E-state index >= 15 is 0 Å².